The fourth-order valence-electron chi connectivity index (χ4n) is 0. The maximum absolute atomic E-state index is 9.25. The van der Waals surface area contributed by atoms with Gasteiger partial charge in [-0.3, -0.25) is 0 Å². The van der Waals surface area contributed by atoms with Gasteiger partial charge in [-0.1, -0.05) is 33.6 Å². The van der Waals surface area contributed by atoms with Crippen LogP contribution < -0.4 is 0 Å². The maximum atomic E-state index is 9.25. The molecule has 0 heterocycles. The van der Waals surface area contributed by atoms with Gasteiger partial charge in [0.1, 0.15) is 0 Å². The lowest BCUT2D eigenvalue weighted by Crippen LogP contribution is -1.90. The van der Waals surface area contributed by atoms with Gasteiger partial charge in [0, 0.05) is 24.8 Å². The number of hydrogen-bond donors (Lipinski definition) is 4. The summed E-state index contributed by atoms with van der Waals surface area (Å²) < 4.78 is 0. The van der Waals surface area contributed by atoms with E-state index in [2.05, 4.69) is 19.7 Å². The van der Waals surface area contributed by atoms with Gasteiger partial charge in [-0.15, -0.1) is 0 Å². The van der Waals surface area contributed by atoms with E-state index in [1.165, 1.54) is 0 Å². The normalized spacial score (nSPS) is 7.20. The third-order valence-corrected chi connectivity index (χ3v) is 0.889. The van der Waals surface area contributed by atoms with E-state index in [1.54, 1.807) is 0 Å². The molecule has 20 heavy (non-hydrogen) atoms. The highest BCUT2D eigenvalue weighted by molar-refractivity contribution is 5.79. The van der Waals surface area contributed by atoms with Gasteiger partial charge in [0.05, 0.1) is 0 Å². The van der Waals surface area contributed by atoms with Crippen molar-refractivity contribution < 1.29 is 34.8 Å². The second kappa shape index (κ2) is 21.8. The molecule has 0 bridgehead atoms. The molecule has 7 heteroatoms. The van der Waals surface area contributed by atoms with Crippen molar-refractivity contribution in [3.05, 3.63) is 38.0 Å². The summed E-state index contributed by atoms with van der Waals surface area (Å²) in [6.07, 6.45) is 2.50. The lowest BCUT2D eigenvalue weighted by Gasteiger charge is -1.90. The SMILES string of the molecule is C=CC(=O)O.C=CC(=O)O.C=CC(=O)O.CC(C)CO. The number of rotatable bonds is 4. The maximum Gasteiger partial charge on any atom is 0.327 e. The van der Waals surface area contributed by atoms with E-state index in [1.807, 2.05) is 13.8 Å². The molecule has 7 nitrogen and oxygen atoms in total. The van der Waals surface area contributed by atoms with E-state index in [-0.39, 0.29) is 0 Å². The predicted molar refractivity (Wildman–Crippen MR) is 75.4 cm³/mol. The van der Waals surface area contributed by atoms with Gasteiger partial charge in [0.25, 0.3) is 0 Å². The lowest BCUT2D eigenvalue weighted by molar-refractivity contribution is -0.132. The van der Waals surface area contributed by atoms with Gasteiger partial charge >= 0.3 is 17.9 Å². The molecule has 0 fully saturated rings. The van der Waals surface area contributed by atoms with Crippen LogP contribution in [0.5, 0.6) is 0 Å². The molecule has 0 saturated heterocycles. The van der Waals surface area contributed by atoms with E-state index in [4.69, 9.17) is 20.4 Å². The molecule has 0 radical (unpaired) electrons. The van der Waals surface area contributed by atoms with E-state index in [9.17, 15) is 14.4 Å². The van der Waals surface area contributed by atoms with Crippen LogP contribution in [0.3, 0.4) is 0 Å². The number of aliphatic hydroxyl groups excluding tert-OH is 1. The Labute approximate surface area is 118 Å². The van der Waals surface area contributed by atoms with Gasteiger partial charge in [0.15, 0.2) is 0 Å². The lowest BCUT2D eigenvalue weighted by atomic mass is 10.2. The second-order valence-corrected chi connectivity index (χ2v) is 3.20. The summed E-state index contributed by atoms with van der Waals surface area (Å²) in [6, 6.07) is 0. The minimum Gasteiger partial charge on any atom is -0.478 e. The summed E-state index contributed by atoms with van der Waals surface area (Å²) in [6.45, 7) is 13.1. The smallest absolute Gasteiger partial charge is 0.327 e. The van der Waals surface area contributed by atoms with Gasteiger partial charge in [-0.25, -0.2) is 14.4 Å². The average molecular weight is 290 g/mol. The summed E-state index contributed by atoms with van der Waals surface area (Å²) in [4.78, 5) is 27.8. The van der Waals surface area contributed by atoms with Crippen LogP contribution in [0.2, 0.25) is 0 Å². The van der Waals surface area contributed by atoms with Crippen LogP contribution in [0, 0.1) is 5.92 Å². The molecule has 0 aliphatic carbocycles. The molecule has 0 amide bonds. The fourth-order valence-corrected chi connectivity index (χ4v) is 0. The highest BCUT2D eigenvalue weighted by Crippen LogP contribution is 1.83. The molecule has 0 spiro atoms. The minimum absolute atomic E-state index is 0.306. The van der Waals surface area contributed by atoms with Crippen molar-refractivity contribution >= 4 is 17.9 Å². The van der Waals surface area contributed by atoms with Crippen LogP contribution in [0.1, 0.15) is 13.8 Å². The first-order valence-electron chi connectivity index (χ1n) is 5.25. The third kappa shape index (κ3) is 106. The number of carboxylic acids is 3. The number of carbonyl (C=O) groups is 3. The first kappa shape index (κ1) is 26.2. The Morgan fingerprint density at radius 1 is 0.850 bits per heavy atom. The highest BCUT2D eigenvalue weighted by Gasteiger charge is 1.81. The van der Waals surface area contributed by atoms with Gasteiger partial charge in [0.2, 0.25) is 0 Å². The van der Waals surface area contributed by atoms with Crippen LogP contribution in [0.15, 0.2) is 38.0 Å². The second-order valence-electron chi connectivity index (χ2n) is 3.20. The van der Waals surface area contributed by atoms with Crippen molar-refractivity contribution in [1.82, 2.24) is 0 Å². The minimum atomic E-state index is -0.981. The molecule has 0 aromatic heterocycles. The highest BCUT2D eigenvalue weighted by atomic mass is 16.4. The third-order valence-electron chi connectivity index (χ3n) is 0.889. The van der Waals surface area contributed by atoms with Crippen LogP contribution in [-0.4, -0.2) is 44.9 Å². The van der Waals surface area contributed by atoms with Gasteiger partial charge in [-0.2, -0.15) is 0 Å². The standard InChI is InChI=1S/C4H10O.3C3H4O2/c1-4(2)3-5;3*1-2-3(4)5/h4-5H,3H2,1-2H3;3*2H,1H2,(H,4,5). The monoisotopic (exact) mass is 290 g/mol. The van der Waals surface area contributed by atoms with Crippen LogP contribution in [0.25, 0.3) is 0 Å². The predicted octanol–water partition coefficient (Wildman–Crippen LogP) is 1.41. The number of hydrogen-bond acceptors (Lipinski definition) is 4. The van der Waals surface area contributed by atoms with Crippen molar-refractivity contribution in [3.8, 4) is 0 Å². The van der Waals surface area contributed by atoms with Gasteiger partial charge < -0.3 is 20.4 Å². The van der Waals surface area contributed by atoms with Crippen LogP contribution >= 0.6 is 0 Å². The molecule has 0 aliphatic heterocycles. The first-order valence-corrected chi connectivity index (χ1v) is 5.25. The molecule has 0 aromatic rings. The Morgan fingerprint density at radius 3 is 0.950 bits per heavy atom. The van der Waals surface area contributed by atoms with Crippen molar-refractivity contribution in [2.75, 3.05) is 6.61 Å². The average Bonchev–Trinajstić information content (AvgIpc) is 2.40. The van der Waals surface area contributed by atoms with Crippen LogP contribution in [0.4, 0.5) is 0 Å². The Kier molecular flexibility index (Phi) is 28.6. The van der Waals surface area contributed by atoms with E-state index >= 15 is 0 Å². The Hall–Kier alpha value is -2.41. The molecule has 4 N–H and O–H groups in total. The summed E-state index contributed by atoms with van der Waals surface area (Å²) in [5.41, 5.74) is 0. The Morgan fingerprint density at radius 2 is 0.950 bits per heavy atom. The molecule has 0 aliphatic rings. The molecule has 0 unspecified atom stereocenters. The molecule has 0 aromatic carbocycles. The zero-order valence-corrected chi connectivity index (χ0v) is 11.7. The molecular formula is C13H22O7. The molecule has 0 rings (SSSR count). The summed E-state index contributed by atoms with van der Waals surface area (Å²) in [7, 11) is 0. The van der Waals surface area contributed by atoms with Crippen LogP contribution in [-0.2, 0) is 14.4 Å². The molecule has 0 saturated carbocycles. The number of aliphatic carboxylic acids is 3. The van der Waals surface area contributed by atoms with Crippen molar-refractivity contribution in [1.29, 1.82) is 0 Å². The first-order chi connectivity index (χ1) is 9.08. The Bertz CT molecular complexity index is 263. The van der Waals surface area contributed by atoms with Crippen molar-refractivity contribution in [3.63, 3.8) is 0 Å². The molecule has 116 valence electrons. The Balaban J connectivity index is -0.0000000853. The number of carboxylic acid groups (broad SMARTS) is 3. The summed E-state index contributed by atoms with van der Waals surface area (Å²) in [5, 5.41) is 31.0. The van der Waals surface area contributed by atoms with E-state index in [0.717, 1.165) is 18.2 Å². The molecular weight excluding hydrogens is 268 g/mol. The van der Waals surface area contributed by atoms with Gasteiger partial charge in [-0.05, 0) is 5.92 Å². The zero-order chi connectivity index (χ0) is 17.1. The van der Waals surface area contributed by atoms with Crippen molar-refractivity contribution in [2.45, 2.75) is 13.8 Å². The fraction of sp³-hybridized carbons (Fsp3) is 0.308. The quantitative estimate of drug-likeness (QED) is 0.575. The summed E-state index contributed by atoms with van der Waals surface area (Å²) in [5.74, 6) is -2.50. The van der Waals surface area contributed by atoms with E-state index < -0.39 is 17.9 Å². The number of aliphatic hydroxyl groups is 1. The summed E-state index contributed by atoms with van der Waals surface area (Å²) >= 11 is 0. The zero-order valence-electron chi connectivity index (χ0n) is 11.7. The van der Waals surface area contributed by atoms with Crippen molar-refractivity contribution in [2.24, 2.45) is 5.92 Å². The van der Waals surface area contributed by atoms with E-state index in [0.29, 0.717) is 12.5 Å². The molecule has 0 atom stereocenters. The largest absolute Gasteiger partial charge is 0.478 e. The topological polar surface area (TPSA) is 132 Å².